The highest BCUT2D eigenvalue weighted by atomic mass is 19.4. The van der Waals surface area contributed by atoms with E-state index < -0.39 is 11.7 Å². The Morgan fingerprint density at radius 3 is 2.39 bits per heavy atom. The second-order valence-electron chi connectivity index (χ2n) is 5.94. The van der Waals surface area contributed by atoms with Crippen molar-refractivity contribution in [2.75, 3.05) is 6.54 Å². The largest absolute Gasteiger partial charge is 0.406 e. The highest BCUT2D eigenvalue weighted by molar-refractivity contribution is 4.97. The quantitative estimate of drug-likeness (QED) is 0.737. The molecule has 0 aromatic carbocycles. The van der Waals surface area contributed by atoms with Crippen molar-refractivity contribution in [1.82, 2.24) is 5.32 Å². The first-order valence-electron chi connectivity index (χ1n) is 7.14. The third-order valence-electron chi connectivity index (χ3n) is 4.32. The number of hydrogen-bond donors (Lipinski definition) is 1. The Morgan fingerprint density at radius 2 is 1.89 bits per heavy atom. The van der Waals surface area contributed by atoms with Gasteiger partial charge in [0.05, 0.1) is 0 Å². The molecule has 2 unspecified atom stereocenters. The Hall–Kier alpha value is -0.250. The molecule has 1 saturated carbocycles. The molecule has 0 aromatic rings. The Balaban J connectivity index is 2.78. The lowest BCUT2D eigenvalue weighted by atomic mass is 9.86. The third kappa shape index (κ3) is 3.62. The molecular weight excluding hydrogens is 239 g/mol. The van der Waals surface area contributed by atoms with Gasteiger partial charge in [0.15, 0.2) is 0 Å². The Bertz CT molecular complexity index is 250. The molecule has 1 rings (SSSR count). The number of alkyl halides is 3. The van der Waals surface area contributed by atoms with Crippen molar-refractivity contribution in [3.8, 4) is 0 Å². The summed E-state index contributed by atoms with van der Waals surface area (Å²) in [5.41, 5.74) is -1.63. The van der Waals surface area contributed by atoms with Crippen molar-refractivity contribution >= 4 is 0 Å². The lowest BCUT2D eigenvalue weighted by Crippen LogP contribution is -2.56. The van der Waals surface area contributed by atoms with Crippen LogP contribution in [0.2, 0.25) is 0 Å². The van der Waals surface area contributed by atoms with E-state index in [0.717, 1.165) is 12.8 Å². The molecule has 0 saturated heterocycles. The maximum Gasteiger partial charge on any atom is 0.406 e. The monoisotopic (exact) mass is 265 g/mol. The molecule has 1 aliphatic carbocycles. The van der Waals surface area contributed by atoms with Crippen LogP contribution in [-0.2, 0) is 0 Å². The van der Waals surface area contributed by atoms with Crippen LogP contribution in [0.4, 0.5) is 13.2 Å². The van der Waals surface area contributed by atoms with Gasteiger partial charge in [-0.05, 0) is 44.1 Å². The van der Waals surface area contributed by atoms with E-state index >= 15 is 0 Å². The van der Waals surface area contributed by atoms with Crippen LogP contribution in [0.5, 0.6) is 0 Å². The second-order valence-corrected chi connectivity index (χ2v) is 5.94. The summed E-state index contributed by atoms with van der Waals surface area (Å²) in [6.07, 6.45) is -0.616. The molecule has 0 aliphatic heterocycles. The van der Waals surface area contributed by atoms with Crippen molar-refractivity contribution in [2.24, 2.45) is 11.8 Å². The van der Waals surface area contributed by atoms with Crippen LogP contribution in [0, 0.1) is 11.8 Å². The summed E-state index contributed by atoms with van der Waals surface area (Å²) in [5, 5.41) is 2.80. The van der Waals surface area contributed by atoms with E-state index in [1.165, 1.54) is 0 Å². The first kappa shape index (κ1) is 15.8. The fraction of sp³-hybridized carbons (Fsp3) is 1.00. The fourth-order valence-electron chi connectivity index (χ4n) is 2.96. The smallest absolute Gasteiger partial charge is 0.304 e. The Kier molecular flexibility index (Phi) is 5.50. The zero-order chi connectivity index (χ0) is 13.8. The van der Waals surface area contributed by atoms with E-state index in [9.17, 15) is 13.2 Å². The minimum Gasteiger partial charge on any atom is -0.304 e. The number of halogens is 3. The molecule has 4 heteroatoms. The standard InChI is InChI=1S/C14H26F3N/c1-4-10-18-13(14(15,16)17)8-5-6-12(7-9-13)11(2)3/h11-12,18H,4-10H2,1-3H3. The minimum atomic E-state index is -4.13. The van der Waals surface area contributed by atoms with Crippen molar-refractivity contribution < 1.29 is 13.2 Å². The van der Waals surface area contributed by atoms with Crippen molar-refractivity contribution in [3.05, 3.63) is 0 Å². The summed E-state index contributed by atoms with van der Waals surface area (Å²) in [4.78, 5) is 0. The topological polar surface area (TPSA) is 12.0 Å². The zero-order valence-corrected chi connectivity index (χ0v) is 11.7. The van der Waals surface area contributed by atoms with Gasteiger partial charge in [0, 0.05) is 0 Å². The maximum atomic E-state index is 13.4. The molecule has 1 fully saturated rings. The van der Waals surface area contributed by atoms with Crippen LogP contribution in [-0.4, -0.2) is 18.3 Å². The van der Waals surface area contributed by atoms with Crippen molar-refractivity contribution in [3.63, 3.8) is 0 Å². The van der Waals surface area contributed by atoms with Gasteiger partial charge in [0.25, 0.3) is 0 Å². The summed E-state index contributed by atoms with van der Waals surface area (Å²) in [7, 11) is 0. The molecule has 1 nitrogen and oxygen atoms in total. The molecule has 2 atom stereocenters. The lowest BCUT2D eigenvalue weighted by Gasteiger charge is -2.36. The Morgan fingerprint density at radius 1 is 1.22 bits per heavy atom. The van der Waals surface area contributed by atoms with Crippen LogP contribution in [0.1, 0.15) is 59.3 Å². The average Bonchev–Trinajstić information content (AvgIpc) is 2.48. The average molecular weight is 265 g/mol. The number of hydrogen-bond acceptors (Lipinski definition) is 1. The van der Waals surface area contributed by atoms with E-state index in [0.29, 0.717) is 31.2 Å². The maximum absolute atomic E-state index is 13.4. The van der Waals surface area contributed by atoms with Gasteiger partial charge in [-0.3, -0.25) is 0 Å². The van der Waals surface area contributed by atoms with Crippen molar-refractivity contribution in [1.29, 1.82) is 0 Å². The molecule has 0 spiro atoms. The molecular formula is C14H26F3N. The molecule has 0 radical (unpaired) electrons. The molecule has 0 bridgehead atoms. The van der Waals surface area contributed by atoms with Gasteiger partial charge >= 0.3 is 6.18 Å². The third-order valence-corrected chi connectivity index (χ3v) is 4.32. The van der Waals surface area contributed by atoms with E-state index in [2.05, 4.69) is 19.2 Å². The molecule has 0 aromatic heterocycles. The first-order chi connectivity index (χ1) is 8.32. The van der Waals surface area contributed by atoms with Gasteiger partial charge in [-0.2, -0.15) is 13.2 Å². The molecule has 1 aliphatic rings. The fourth-order valence-corrected chi connectivity index (χ4v) is 2.96. The molecule has 18 heavy (non-hydrogen) atoms. The van der Waals surface area contributed by atoms with E-state index in [-0.39, 0.29) is 12.8 Å². The lowest BCUT2D eigenvalue weighted by molar-refractivity contribution is -0.201. The number of rotatable bonds is 4. The number of nitrogens with one attached hydrogen (secondary N) is 1. The van der Waals surface area contributed by atoms with Crippen LogP contribution in [0.25, 0.3) is 0 Å². The van der Waals surface area contributed by atoms with Gasteiger partial charge in [0.2, 0.25) is 0 Å². The van der Waals surface area contributed by atoms with E-state index in [4.69, 9.17) is 0 Å². The van der Waals surface area contributed by atoms with Gasteiger partial charge in [0.1, 0.15) is 5.54 Å². The summed E-state index contributed by atoms with van der Waals surface area (Å²) < 4.78 is 40.1. The summed E-state index contributed by atoms with van der Waals surface area (Å²) in [5.74, 6) is 0.929. The summed E-state index contributed by atoms with van der Waals surface area (Å²) in [6, 6.07) is 0. The van der Waals surface area contributed by atoms with Crippen LogP contribution >= 0.6 is 0 Å². The van der Waals surface area contributed by atoms with Crippen molar-refractivity contribution in [2.45, 2.75) is 71.0 Å². The van der Waals surface area contributed by atoms with Gasteiger partial charge in [-0.25, -0.2) is 0 Å². The predicted molar refractivity (Wildman–Crippen MR) is 68.5 cm³/mol. The van der Waals surface area contributed by atoms with Gasteiger partial charge in [-0.1, -0.05) is 33.6 Å². The van der Waals surface area contributed by atoms with Crippen LogP contribution in [0.3, 0.4) is 0 Å². The highest BCUT2D eigenvalue weighted by Crippen LogP contribution is 2.43. The van der Waals surface area contributed by atoms with Crippen LogP contribution in [0.15, 0.2) is 0 Å². The molecule has 108 valence electrons. The molecule has 0 amide bonds. The normalized spacial score (nSPS) is 30.5. The summed E-state index contributed by atoms with van der Waals surface area (Å²) in [6.45, 7) is 6.59. The second kappa shape index (κ2) is 6.27. The zero-order valence-electron chi connectivity index (χ0n) is 11.7. The van der Waals surface area contributed by atoms with Crippen LogP contribution < -0.4 is 5.32 Å². The predicted octanol–water partition coefficient (Wildman–Crippen LogP) is 4.52. The van der Waals surface area contributed by atoms with E-state index in [1.54, 1.807) is 0 Å². The summed E-state index contributed by atoms with van der Waals surface area (Å²) >= 11 is 0. The van der Waals surface area contributed by atoms with Gasteiger partial charge in [-0.15, -0.1) is 0 Å². The molecule has 1 N–H and O–H groups in total. The highest BCUT2D eigenvalue weighted by Gasteiger charge is 2.54. The van der Waals surface area contributed by atoms with E-state index in [1.807, 2.05) is 6.92 Å². The molecule has 0 heterocycles. The first-order valence-corrected chi connectivity index (χ1v) is 7.14. The van der Waals surface area contributed by atoms with Gasteiger partial charge < -0.3 is 5.32 Å². The minimum absolute atomic E-state index is 0.235. The SMILES string of the molecule is CCCNC1(C(F)(F)F)CCCC(C(C)C)CC1. The Labute approximate surface area is 109 Å².